The lowest BCUT2D eigenvalue weighted by molar-refractivity contribution is 0.0697. The Morgan fingerprint density at radius 3 is 2.31 bits per heavy atom. The van der Waals surface area contributed by atoms with Crippen molar-refractivity contribution < 1.29 is 19.1 Å². The third kappa shape index (κ3) is 4.98. The molecule has 0 saturated carbocycles. The predicted molar refractivity (Wildman–Crippen MR) is 163 cm³/mol. The van der Waals surface area contributed by atoms with Gasteiger partial charge in [-0.05, 0) is 60.2 Å². The maximum atomic E-state index is 13.9. The number of carbonyl (C=O) groups is 2. The second-order valence-corrected chi connectivity index (χ2v) is 12.4. The van der Waals surface area contributed by atoms with Crippen molar-refractivity contribution in [3.8, 4) is 0 Å². The number of fused-ring (bicyclic) bond motifs is 1. The number of hydrogen-bond acceptors (Lipinski definition) is 7. The largest absolute Gasteiger partial charge is 0.478 e. The summed E-state index contributed by atoms with van der Waals surface area (Å²) in [6.45, 7) is 11.8. The minimum absolute atomic E-state index is 0.0125. The number of aryl methyl sites for hydroxylation is 1. The van der Waals surface area contributed by atoms with Crippen molar-refractivity contribution in [1.82, 2.24) is 0 Å². The van der Waals surface area contributed by atoms with Gasteiger partial charge in [0.05, 0.1) is 35.1 Å². The third-order valence-corrected chi connectivity index (χ3v) is 7.97. The summed E-state index contributed by atoms with van der Waals surface area (Å²) in [6.07, 6.45) is 0. The molecule has 9 nitrogen and oxygen atoms in total. The highest BCUT2D eigenvalue weighted by Crippen LogP contribution is 2.41. The van der Waals surface area contributed by atoms with E-state index in [0.717, 1.165) is 5.56 Å². The molecule has 2 heterocycles. The Balaban J connectivity index is 1.53. The molecule has 218 valence electrons. The van der Waals surface area contributed by atoms with Crippen LogP contribution in [0, 0.1) is 12.3 Å². The minimum atomic E-state index is -1.16. The van der Waals surface area contributed by atoms with E-state index in [9.17, 15) is 24.3 Å². The number of nitrogens with zero attached hydrogens (tertiary/aromatic N) is 1. The number of benzene rings is 2. The van der Waals surface area contributed by atoms with Gasteiger partial charge in [0.2, 0.25) is 0 Å². The Hall–Kier alpha value is -4.37. The van der Waals surface area contributed by atoms with Crippen LogP contribution in [-0.2, 0) is 6.54 Å². The van der Waals surface area contributed by atoms with E-state index in [2.05, 4.69) is 10.6 Å². The molecular weight excluding hydrogens is 558 g/mol. The van der Waals surface area contributed by atoms with Crippen LogP contribution in [0.15, 0.2) is 56.5 Å². The molecule has 1 atom stereocenters. The van der Waals surface area contributed by atoms with E-state index in [-0.39, 0.29) is 51.8 Å². The first-order valence-corrected chi connectivity index (χ1v) is 14.0. The van der Waals surface area contributed by atoms with Crippen LogP contribution in [0.5, 0.6) is 0 Å². The van der Waals surface area contributed by atoms with Crippen LogP contribution >= 0.6 is 11.6 Å². The number of halogens is 1. The molecular formula is C32H32ClN3O6. The lowest BCUT2D eigenvalue weighted by Crippen LogP contribution is -2.39. The molecule has 1 aliphatic rings. The average Bonchev–Trinajstić information content (AvgIpc) is 3.51. The number of carboxylic acid groups (broad SMARTS) is 1. The summed E-state index contributed by atoms with van der Waals surface area (Å²) >= 11 is 6.52. The summed E-state index contributed by atoms with van der Waals surface area (Å²) < 4.78 is 5.84. The van der Waals surface area contributed by atoms with Crippen LogP contribution in [0.2, 0.25) is 5.02 Å². The zero-order valence-electron chi connectivity index (χ0n) is 24.2. The van der Waals surface area contributed by atoms with Gasteiger partial charge in [0, 0.05) is 10.6 Å². The van der Waals surface area contributed by atoms with Gasteiger partial charge in [0.15, 0.2) is 0 Å². The first-order chi connectivity index (χ1) is 19.7. The van der Waals surface area contributed by atoms with Gasteiger partial charge in [-0.2, -0.15) is 0 Å². The standard InChI is InChI=1S/C32H32ClN3O6/c1-15(2)17-8-9-18(31(40)41)22(13-17)36-14-19-20(33)10-11-21(24(19)30(36)39)34-25-26(28(38)27(25)37)35-29(32(4,5)6)23-12-7-16(3)42-23/h7-13,15,29,34-35H,14H2,1-6H3,(H,40,41)/t29-/m0/s1. The molecule has 0 saturated heterocycles. The normalized spacial score (nSPS) is 14.0. The predicted octanol–water partition coefficient (Wildman–Crippen LogP) is 6.76. The molecule has 1 aromatic heterocycles. The van der Waals surface area contributed by atoms with Gasteiger partial charge >= 0.3 is 5.97 Å². The van der Waals surface area contributed by atoms with Gasteiger partial charge in [-0.1, -0.05) is 52.3 Å². The van der Waals surface area contributed by atoms with Crippen LogP contribution in [-0.4, -0.2) is 17.0 Å². The lowest BCUT2D eigenvalue weighted by atomic mass is 9.85. The van der Waals surface area contributed by atoms with E-state index in [1.165, 1.54) is 11.0 Å². The molecule has 0 fully saturated rings. The molecule has 3 aromatic carbocycles. The highest BCUT2D eigenvalue weighted by Gasteiger charge is 2.37. The summed E-state index contributed by atoms with van der Waals surface area (Å²) in [4.78, 5) is 52.9. The van der Waals surface area contributed by atoms with Gasteiger partial charge < -0.3 is 25.1 Å². The van der Waals surface area contributed by atoms with Gasteiger partial charge in [-0.15, -0.1) is 0 Å². The number of anilines is 4. The van der Waals surface area contributed by atoms with Crippen molar-refractivity contribution in [3.63, 3.8) is 0 Å². The quantitative estimate of drug-likeness (QED) is 0.192. The van der Waals surface area contributed by atoms with E-state index < -0.39 is 28.8 Å². The molecule has 3 N–H and O–H groups in total. The number of amides is 1. The highest BCUT2D eigenvalue weighted by molar-refractivity contribution is 6.33. The fraction of sp³-hybridized carbons (Fsp3) is 0.312. The Labute approximate surface area is 247 Å². The maximum Gasteiger partial charge on any atom is 0.337 e. The topological polar surface area (TPSA) is 129 Å². The Morgan fingerprint density at radius 2 is 1.71 bits per heavy atom. The van der Waals surface area contributed by atoms with E-state index in [0.29, 0.717) is 22.1 Å². The number of carbonyl (C=O) groups excluding carboxylic acids is 1. The van der Waals surface area contributed by atoms with Gasteiger partial charge in [0.1, 0.15) is 22.9 Å². The number of aromatic carboxylic acids is 1. The summed E-state index contributed by atoms with van der Waals surface area (Å²) in [6, 6.07) is 11.4. The smallest absolute Gasteiger partial charge is 0.337 e. The fourth-order valence-corrected chi connectivity index (χ4v) is 5.46. The molecule has 1 aliphatic heterocycles. The van der Waals surface area contributed by atoms with Crippen LogP contribution in [0.1, 0.15) is 89.9 Å². The molecule has 0 bridgehead atoms. The first kappa shape index (κ1) is 29.1. The number of furan rings is 1. The van der Waals surface area contributed by atoms with E-state index in [1.54, 1.807) is 24.3 Å². The van der Waals surface area contributed by atoms with Crippen LogP contribution < -0.4 is 26.4 Å². The monoisotopic (exact) mass is 589 g/mol. The molecule has 42 heavy (non-hydrogen) atoms. The Bertz CT molecular complexity index is 1810. The first-order valence-electron chi connectivity index (χ1n) is 13.6. The van der Waals surface area contributed by atoms with Crippen molar-refractivity contribution >= 4 is 46.2 Å². The summed E-state index contributed by atoms with van der Waals surface area (Å²) in [5.74, 6) is -0.183. The lowest BCUT2D eigenvalue weighted by Gasteiger charge is -2.31. The van der Waals surface area contributed by atoms with Crippen LogP contribution in [0.25, 0.3) is 0 Å². The zero-order valence-corrected chi connectivity index (χ0v) is 25.0. The summed E-state index contributed by atoms with van der Waals surface area (Å²) in [5, 5.41) is 16.4. The minimum Gasteiger partial charge on any atom is -0.478 e. The molecule has 1 amide bonds. The van der Waals surface area contributed by atoms with Crippen molar-refractivity contribution in [2.75, 3.05) is 15.5 Å². The molecule has 5 rings (SSSR count). The third-order valence-electron chi connectivity index (χ3n) is 7.61. The van der Waals surface area contributed by atoms with Crippen LogP contribution in [0.4, 0.5) is 22.7 Å². The highest BCUT2D eigenvalue weighted by atomic mass is 35.5. The second-order valence-electron chi connectivity index (χ2n) is 12.0. The SMILES string of the molecule is Cc1ccc([C@H](Nc2c(Nc3ccc(Cl)c4c3C(=O)N(c3cc(C(C)C)ccc3C(=O)O)C4)c(=O)c2=O)C(C)(C)C)o1. The van der Waals surface area contributed by atoms with Crippen molar-refractivity contribution in [2.45, 2.75) is 60.0 Å². The van der Waals surface area contributed by atoms with Crippen molar-refractivity contribution in [3.05, 3.63) is 102 Å². The van der Waals surface area contributed by atoms with E-state index >= 15 is 0 Å². The Kier molecular flexibility index (Phi) is 7.27. The number of nitrogens with one attached hydrogen (secondary N) is 2. The Morgan fingerprint density at radius 1 is 1.02 bits per heavy atom. The second kappa shape index (κ2) is 10.5. The van der Waals surface area contributed by atoms with Crippen molar-refractivity contribution in [2.24, 2.45) is 5.41 Å². The molecule has 0 unspecified atom stereocenters. The molecule has 0 radical (unpaired) electrons. The van der Waals surface area contributed by atoms with Crippen LogP contribution in [0.3, 0.4) is 0 Å². The maximum absolute atomic E-state index is 13.9. The number of rotatable bonds is 8. The van der Waals surface area contributed by atoms with Gasteiger partial charge in [-0.3, -0.25) is 14.4 Å². The summed E-state index contributed by atoms with van der Waals surface area (Å²) in [7, 11) is 0. The molecule has 0 aliphatic carbocycles. The van der Waals surface area contributed by atoms with Crippen molar-refractivity contribution in [1.29, 1.82) is 0 Å². The summed E-state index contributed by atoms with van der Waals surface area (Å²) in [5.41, 5.74) is 0.459. The molecule has 0 spiro atoms. The van der Waals surface area contributed by atoms with Gasteiger partial charge in [0.25, 0.3) is 16.8 Å². The fourth-order valence-electron chi connectivity index (χ4n) is 5.25. The van der Waals surface area contributed by atoms with E-state index in [4.69, 9.17) is 16.0 Å². The van der Waals surface area contributed by atoms with Gasteiger partial charge in [-0.25, -0.2) is 4.79 Å². The van der Waals surface area contributed by atoms with E-state index in [1.807, 2.05) is 53.7 Å². The zero-order chi connectivity index (χ0) is 30.7. The number of hydrogen-bond donors (Lipinski definition) is 3. The number of carboxylic acids is 1. The average molecular weight is 590 g/mol. The molecule has 10 heteroatoms. The molecule has 4 aromatic rings.